The SMILES string of the molecule is COc1cc2nc(C3CCCCC3CN)[nH]c2cc1OC. The lowest BCUT2D eigenvalue weighted by molar-refractivity contribution is 0.306. The van der Waals surface area contributed by atoms with E-state index < -0.39 is 0 Å². The summed E-state index contributed by atoms with van der Waals surface area (Å²) in [7, 11) is 3.29. The molecule has 1 aromatic carbocycles. The number of fused-ring (bicyclic) bond motifs is 1. The third-order valence-electron chi connectivity index (χ3n) is 4.57. The number of benzene rings is 1. The highest BCUT2D eigenvalue weighted by Crippen LogP contribution is 2.38. The van der Waals surface area contributed by atoms with Gasteiger partial charge in [0.2, 0.25) is 0 Å². The molecule has 0 aliphatic heterocycles. The number of nitrogens with one attached hydrogen (secondary N) is 1. The highest BCUT2D eigenvalue weighted by molar-refractivity contribution is 5.79. The molecule has 5 heteroatoms. The zero-order valence-corrected chi connectivity index (χ0v) is 12.7. The predicted octanol–water partition coefficient (Wildman–Crippen LogP) is 2.81. The van der Waals surface area contributed by atoms with Crippen molar-refractivity contribution in [3.05, 3.63) is 18.0 Å². The van der Waals surface area contributed by atoms with Gasteiger partial charge in [-0.25, -0.2) is 4.98 Å². The largest absolute Gasteiger partial charge is 0.493 e. The predicted molar refractivity (Wildman–Crippen MR) is 83.0 cm³/mol. The Morgan fingerprint density at radius 1 is 1.19 bits per heavy atom. The van der Waals surface area contributed by atoms with Crippen LogP contribution in [0.5, 0.6) is 11.5 Å². The molecule has 1 saturated carbocycles. The summed E-state index contributed by atoms with van der Waals surface area (Å²) < 4.78 is 10.7. The van der Waals surface area contributed by atoms with Gasteiger partial charge in [0.1, 0.15) is 5.82 Å². The number of aromatic amines is 1. The van der Waals surface area contributed by atoms with Gasteiger partial charge in [0.05, 0.1) is 25.3 Å². The number of H-pyrrole nitrogens is 1. The molecule has 0 spiro atoms. The van der Waals surface area contributed by atoms with E-state index in [0.717, 1.165) is 35.6 Å². The molecule has 2 unspecified atom stereocenters. The first-order chi connectivity index (χ1) is 10.3. The van der Waals surface area contributed by atoms with Crippen molar-refractivity contribution >= 4 is 11.0 Å². The van der Waals surface area contributed by atoms with E-state index in [2.05, 4.69) is 4.98 Å². The Balaban J connectivity index is 2.00. The normalized spacial score (nSPS) is 22.4. The van der Waals surface area contributed by atoms with Gasteiger partial charge in [-0.15, -0.1) is 0 Å². The van der Waals surface area contributed by atoms with Crippen LogP contribution in [0.3, 0.4) is 0 Å². The van der Waals surface area contributed by atoms with Gasteiger partial charge >= 0.3 is 0 Å². The van der Waals surface area contributed by atoms with Gasteiger partial charge in [-0.2, -0.15) is 0 Å². The number of imidazole rings is 1. The fourth-order valence-corrected chi connectivity index (χ4v) is 3.38. The number of rotatable bonds is 4. The number of ether oxygens (including phenoxy) is 2. The molecule has 2 aromatic rings. The van der Waals surface area contributed by atoms with Gasteiger partial charge in [-0.1, -0.05) is 12.8 Å². The number of hydrogen-bond acceptors (Lipinski definition) is 4. The van der Waals surface area contributed by atoms with Crippen molar-refractivity contribution < 1.29 is 9.47 Å². The summed E-state index contributed by atoms with van der Waals surface area (Å²) in [6.45, 7) is 0.731. The van der Waals surface area contributed by atoms with Crippen LogP contribution in [0.1, 0.15) is 37.4 Å². The van der Waals surface area contributed by atoms with Gasteiger partial charge in [0, 0.05) is 18.1 Å². The Morgan fingerprint density at radius 3 is 2.62 bits per heavy atom. The monoisotopic (exact) mass is 289 g/mol. The molecule has 0 bridgehead atoms. The second-order valence-electron chi connectivity index (χ2n) is 5.73. The van der Waals surface area contributed by atoms with Gasteiger partial charge < -0.3 is 20.2 Å². The second-order valence-corrected chi connectivity index (χ2v) is 5.73. The maximum atomic E-state index is 5.93. The molecule has 5 nitrogen and oxygen atoms in total. The van der Waals surface area contributed by atoms with Crippen LogP contribution in [-0.4, -0.2) is 30.7 Å². The van der Waals surface area contributed by atoms with Crippen molar-refractivity contribution in [1.82, 2.24) is 9.97 Å². The first kappa shape index (κ1) is 14.2. The van der Waals surface area contributed by atoms with E-state index >= 15 is 0 Å². The van der Waals surface area contributed by atoms with E-state index in [9.17, 15) is 0 Å². The molecular formula is C16H23N3O2. The van der Waals surface area contributed by atoms with E-state index in [0.29, 0.717) is 17.6 Å². The van der Waals surface area contributed by atoms with Crippen LogP contribution < -0.4 is 15.2 Å². The summed E-state index contributed by atoms with van der Waals surface area (Å²) in [5, 5.41) is 0. The minimum Gasteiger partial charge on any atom is -0.493 e. The minimum absolute atomic E-state index is 0.438. The molecule has 21 heavy (non-hydrogen) atoms. The zero-order valence-electron chi connectivity index (χ0n) is 12.7. The molecule has 3 rings (SSSR count). The molecule has 0 saturated heterocycles. The van der Waals surface area contributed by atoms with E-state index in [1.54, 1.807) is 14.2 Å². The molecular weight excluding hydrogens is 266 g/mol. The Hall–Kier alpha value is -1.75. The average Bonchev–Trinajstić information content (AvgIpc) is 2.95. The molecule has 0 amide bonds. The number of methoxy groups -OCH3 is 2. The molecule has 1 fully saturated rings. The maximum Gasteiger partial charge on any atom is 0.163 e. The van der Waals surface area contributed by atoms with Crippen molar-refractivity contribution in [3.63, 3.8) is 0 Å². The van der Waals surface area contributed by atoms with Crippen molar-refractivity contribution in [2.24, 2.45) is 11.7 Å². The molecule has 0 radical (unpaired) electrons. The highest BCUT2D eigenvalue weighted by atomic mass is 16.5. The zero-order chi connectivity index (χ0) is 14.8. The van der Waals surface area contributed by atoms with Gasteiger partial charge in [0.25, 0.3) is 0 Å². The number of aromatic nitrogens is 2. The van der Waals surface area contributed by atoms with Crippen LogP contribution in [0.2, 0.25) is 0 Å². The molecule has 2 atom stereocenters. The third kappa shape index (κ3) is 2.58. The Kier molecular flexibility index (Phi) is 4.01. The molecule has 1 aliphatic carbocycles. The Morgan fingerprint density at radius 2 is 1.90 bits per heavy atom. The summed E-state index contributed by atoms with van der Waals surface area (Å²) in [5.74, 6) is 3.45. The third-order valence-corrected chi connectivity index (χ3v) is 4.57. The quantitative estimate of drug-likeness (QED) is 0.907. The van der Waals surface area contributed by atoms with E-state index in [1.165, 1.54) is 19.3 Å². The van der Waals surface area contributed by atoms with Crippen molar-refractivity contribution in [2.75, 3.05) is 20.8 Å². The van der Waals surface area contributed by atoms with Crippen LogP contribution in [0.25, 0.3) is 11.0 Å². The minimum atomic E-state index is 0.438. The first-order valence-corrected chi connectivity index (χ1v) is 7.58. The van der Waals surface area contributed by atoms with E-state index in [-0.39, 0.29) is 0 Å². The lowest BCUT2D eigenvalue weighted by Gasteiger charge is -2.28. The smallest absolute Gasteiger partial charge is 0.163 e. The van der Waals surface area contributed by atoms with Gasteiger partial charge in [-0.3, -0.25) is 0 Å². The van der Waals surface area contributed by atoms with Crippen molar-refractivity contribution in [1.29, 1.82) is 0 Å². The standard InChI is InChI=1S/C16H23N3O2/c1-20-14-7-12-13(8-15(14)21-2)19-16(18-12)11-6-4-3-5-10(11)9-17/h7-8,10-11H,3-6,9,17H2,1-2H3,(H,18,19). The van der Waals surface area contributed by atoms with Crippen molar-refractivity contribution in [2.45, 2.75) is 31.6 Å². The highest BCUT2D eigenvalue weighted by Gasteiger charge is 2.28. The fourth-order valence-electron chi connectivity index (χ4n) is 3.38. The number of nitrogens with zero attached hydrogens (tertiary/aromatic N) is 1. The lowest BCUT2D eigenvalue weighted by Crippen LogP contribution is -2.25. The van der Waals surface area contributed by atoms with Crippen LogP contribution >= 0.6 is 0 Å². The fraction of sp³-hybridized carbons (Fsp3) is 0.562. The summed E-state index contributed by atoms with van der Waals surface area (Å²) in [5.41, 5.74) is 7.85. The van der Waals surface area contributed by atoms with Gasteiger partial charge in [0.15, 0.2) is 11.5 Å². The van der Waals surface area contributed by atoms with E-state index in [1.807, 2.05) is 12.1 Å². The van der Waals surface area contributed by atoms with Crippen LogP contribution in [-0.2, 0) is 0 Å². The van der Waals surface area contributed by atoms with Crippen LogP contribution in [0, 0.1) is 5.92 Å². The van der Waals surface area contributed by atoms with E-state index in [4.69, 9.17) is 20.2 Å². The molecule has 1 aromatic heterocycles. The molecule has 114 valence electrons. The summed E-state index contributed by atoms with van der Waals surface area (Å²) in [6, 6.07) is 3.87. The maximum absolute atomic E-state index is 5.93. The second kappa shape index (κ2) is 5.93. The lowest BCUT2D eigenvalue weighted by atomic mass is 9.79. The number of hydrogen-bond donors (Lipinski definition) is 2. The Labute approximate surface area is 124 Å². The van der Waals surface area contributed by atoms with Crippen molar-refractivity contribution in [3.8, 4) is 11.5 Å². The number of nitrogens with two attached hydrogens (primary N) is 1. The molecule has 1 aliphatic rings. The van der Waals surface area contributed by atoms with Gasteiger partial charge in [-0.05, 0) is 25.3 Å². The first-order valence-electron chi connectivity index (χ1n) is 7.58. The summed E-state index contributed by atoms with van der Waals surface area (Å²) >= 11 is 0. The molecule has 3 N–H and O–H groups in total. The Bertz CT molecular complexity index is 582. The van der Waals surface area contributed by atoms with Crippen LogP contribution in [0.4, 0.5) is 0 Å². The summed E-state index contributed by atoms with van der Waals surface area (Å²) in [4.78, 5) is 8.23. The summed E-state index contributed by atoms with van der Waals surface area (Å²) in [6.07, 6.45) is 4.89. The topological polar surface area (TPSA) is 73.2 Å². The average molecular weight is 289 g/mol. The molecule has 1 heterocycles. The van der Waals surface area contributed by atoms with Crippen LogP contribution in [0.15, 0.2) is 12.1 Å².